The molecule has 0 atom stereocenters. The molecular weight excluding hydrogens is 386 g/mol. The number of benzene rings is 3. The number of fused-ring (bicyclic) bond motifs is 1. The van der Waals surface area contributed by atoms with Crippen LogP contribution in [0.15, 0.2) is 72.8 Å². The minimum atomic E-state index is -3.31. The van der Waals surface area contributed by atoms with Crippen LogP contribution in [-0.2, 0) is 16.4 Å². The van der Waals surface area contributed by atoms with Gasteiger partial charge in [0.15, 0.2) is 0 Å². The van der Waals surface area contributed by atoms with Crippen LogP contribution in [0.25, 0.3) is 0 Å². The Bertz CT molecular complexity index is 1160. The first-order valence-corrected chi connectivity index (χ1v) is 11.1. The highest BCUT2D eigenvalue weighted by Crippen LogP contribution is 2.31. The maximum atomic E-state index is 12.8. The van der Waals surface area contributed by atoms with Gasteiger partial charge in [-0.2, -0.15) is 0 Å². The second-order valence-corrected chi connectivity index (χ2v) is 8.83. The Hall–Kier alpha value is -3.32. The number of carbonyl (C=O) groups excluding carboxylic acids is 1. The summed E-state index contributed by atoms with van der Waals surface area (Å²) in [5.74, 6) is -0.243. The zero-order valence-corrected chi connectivity index (χ0v) is 16.7. The first kappa shape index (κ1) is 19.0. The fourth-order valence-electron chi connectivity index (χ4n) is 3.43. The standard InChI is InChI=1S/C22H21N3O3S/c1-29(27,28)25-14-13-16-15-17(11-12-21(16)25)22(26)24-20-10-6-5-9-19(20)23-18-7-3-2-4-8-18/h2-12,15,23H,13-14H2,1H3,(H,24,26). The average Bonchev–Trinajstić information content (AvgIpc) is 3.14. The molecule has 29 heavy (non-hydrogen) atoms. The molecule has 0 aliphatic carbocycles. The molecule has 1 aliphatic rings. The monoisotopic (exact) mass is 407 g/mol. The molecule has 6 nitrogen and oxygen atoms in total. The first-order chi connectivity index (χ1) is 13.9. The molecule has 7 heteroatoms. The van der Waals surface area contributed by atoms with E-state index in [1.165, 1.54) is 10.6 Å². The topological polar surface area (TPSA) is 78.5 Å². The van der Waals surface area contributed by atoms with Gasteiger partial charge in [-0.3, -0.25) is 9.10 Å². The molecule has 0 radical (unpaired) electrons. The van der Waals surface area contributed by atoms with Crippen LogP contribution < -0.4 is 14.9 Å². The van der Waals surface area contributed by atoms with Gasteiger partial charge in [-0.15, -0.1) is 0 Å². The fourth-order valence-corrected chi connectivity index (χ4v) is 4.39. The molecule has 0 aromatic heterocycles. The van der Waals surface area contributed by atoms with Crippen molar-refractivity contribution in [3.63, 3.8) is 0 Å². The van der Waals surface area contributed by atoms with Gasteiger partial charge in [0.2, 0.25) is 10.0 Å². The normalized spacial score (nSPS) is 13.1. The van der Waals surface area contributed by atoms with Gasteiger partial charge in [-0.1, -0.05) is 30.3 Å². The molecule has 1 amide bonds. The number of sulfonamides is 1. The highest BCUT2D eigenvalue weighted by Gasteiger charge is 2.26. The Morgan fingerprint density at radius 1 is 0.931 bits per heavy atom. The van der Waals surface area contributed by atoms with Crippen LogP contribution in [0.2, 0.25) is 0 Å². The Morgan fingerprint density at radius 3 is 2.34 bits per heavy atom. The molecule has 0 saturated heterocycles. The lowest BCUT2D eigenvalue weighted by molar-refractivity contribution is 0.102. The summed E-state index contributed by atoms with van der Waals surface area (Å²) < 4.78 is 25.1. The third kappa shape index (κ3) is 4.09. The highest BCUT2D eigenvalue weighted by molar-refractivity contribution is 7.92. The van der Waals surface area contributed by atoms with Crippen molar-refractivity contribution in [2.75, 3.05) is 27.7 Å². The van der Waals surface area contributed by atoms with Gasteiger partial charge < -0.3 is 10.6 Å². The van der Waals surface area contributed by atoms with Crippen molar-refractivity contribution in [3.05, 3.63) is 83.9 Å². The van der Waals surface area contributed by atoms with Crippen molar-refractivity contribution in [1.29, 1.82) is 0 Å². The summed E-state index contributed by atoms with van der Waals surface area (Å²) in [6.07, 6.45) is 1.79. The van der Waals surface area contributed by atoms with E-state index in [0.717, 1.165) is 16.9 Å². The Kier molecular flexibility index (Phi) is 4.98. The van der Waals surface area contributed by atoms with Crippen LogP contribution in [0, 0.1) is 0 Å². The van der Waals surface area contributed by atoms with E-state index >= 15 is 0 Å². The quantitative estimate of drug-likeness (QED) is 0.670. The molecule has 0 saturated carbocycles. The zero-order chi connectivity index (χ0) is 20.4. The lowest BCUT2D eigenvalue weighted by atomic mass is 10.1. The number of hydrogen-bond acceptors (Lipinski definition) is 4. The van der Waals surface area contributed by atoms with Gasteiger partial charge in [-0.05, 0) is 54.4 Å². The summed E-state index contributed by atoms with van der Waals surface area (Å²) in [5, 5.41) is 6.25. The van der Waals surface area contributed by atoms with Crippen molar-refractivity contribution in [2.24, 2.45) is 0 Å². The van der Waals surface area contributed by atoms with Gasteiger partial charge in [0, 0.05) is 17.8 Å². The number of nitrogens with zero attached hydrogens (tertiary/aromatic N) is 1. The summed E-state index contributed by atoms with van der Waals surface area (Å²) in [6.45, 7) is 0.406. The van der Waals surface area contributed by atoms with Crippen molar-refractivity contribution in [3.8, 4) is 0 Å². The number of carbonyl (C=O) groups is 1. The lowest BCUT2D eigenvalue weighted by Gasteiger charge is -2.17. The minimum Gasteiger partial charge on any atom is -0.354 e. The van der Waals surface area contributed by atoms with E-state index in [-0.39, 0.29) is 5.91 Å². The second kappa shape index (κ2) is 7.60. The SMILES string of the molecule is CS(=O)(=O)N1CCc2cc(C(=O)Nc3ccccc3Nc3ccccc3)ccc21. The molecule has 1 aliphatic heterocycles. The first-order valence-electron chi connectivity index (χ1n) is 9.25. The third-order valence-corrected chi connectivity index (χ3v) is 6.00. The Labute approximate surface area is 170 Å². The van der Waals surface area contributed by atoms with Crippen LogP contribution in [-0.4, -0.2) is 27.1 Å². The maximum Gasteiger partial charge on any atom is 0.255 e. The number of amides is 1. The summed E-state index contributed by atoms with van der Waals surface area (Å²) in [7, 11) is -3.31. The summed E-state index contributed by atoms with van der Waals surface area (Å²) >= 11 is 0. The van der Waals surface area contributed by atoms with Crippen molar-refractivity contribution >= 4 is 38.7 Å². The molecule has 0 fully saturated rings. The van der Waals surface area contributed by atoms with Crippen molar-refractivity contribution in [2.45, 2.75) is 6.42 Å². The number of hydrogen-bond donors (Lipinski definition) is 2. The maximum absolute atomic E-state index is 12.8. The predicted molar refractivity (Wildman–Crippen MR) is 116 cm³/mol. The Balaban J connectivity index is 1.55. The van der Waals surface area contributed by atoms with Crippen LogP contribution in [0.3, 0.4) is 0 Å². The fraction of sp³-hybridized carbons (Fsp3) is 0.136. The van der Waals surface area contributed by atoms with Crippen molar-refractivity contribution < 1.29 is 13.2 Å². The minimum absolute atomic E-state index is 0.243. The van der Waals surface area contributed by atoms with Crippen LogP contribution >= 0.6 is 0 Å². The molecule has 1 heterocycles. The van der Waals surface area contributed by atoms with E-state index in [4.69, 9.17) is 0 Å². The molecule has 3 aromatic carbocycles. The Morgan fingerprint density at radius 2 is 1.62 bits per heavy atom. The van der Waals surface area contributed by atoms with E-state index in [1.54, 1.807) is 18.2 Å². The summed E-state index contributed by atoms with van der Waals surface area (Å²) in [6, 6.07) is 22.3. The van der Waals surface area contributed by atoms with Gasteiger partial charge in [0.05, 0.1) is 23.3 Å². The number of rotatable bonds is 5. The van der Waals surface area contributed by atoms with Gasteiger partial charge >= 0.3 is 0 Å². The van der Waals surface area contributed by atoms with E-state index < -0.39 is 10.0 Å². The number of anilines is 4. The summed E-state index contributed by atoms with van der Waals surface area (Å²) in [5.41, 5.74) is 4.38. The van der Waals surface area contributed by atoms with Crippen LogP contribution in [0.1, 0.15) is 15.9 Å². The van der Waals surface area contributed by atoms with Gasteiger partial charge in [0.1, 0.15) is 0 Å². The van der Waals surface area contributed by atoms with E-state index in [9.17, 15) is 13.2 Å². The van der Waals surface area contributed by atoms with Gasteiger partial charge in [0.25, 0.3) is 5.91 Å². The molecule has 2 N–H and O–H groups in total. The zero-order valence-electron chi connectivity index (χ0n) is 15.9. The molecule has 148 valence electrons. The third-order valence-electron chi connectivity index (χ3n) is 4.82. The van der Waals surface area contributed by atoms with E-state index in [1.807, 2.05) is 54.6 Å². The van der Waals surface area contributed by atoms with Crippen molar-refractivity contribution in [1.82, 2.24) is 0 Å². The van der Waals surface area contributed by atoms with E-state index in [2.05, 4.69) is 10.6 Å². The highest BCUT2D eigenvalue weighted by atomic mass is 32.2. The van der Waals surface area contributed by atoms with Gasteiger partial charge in [-0.25, -0.2) is 8.42 Å². The molecule has 0 spiro atoms. The molecule has 0 unspecified atom stereocenters. The van der Waals surface area contributed by atoms with Crippen LogP contribution in [0.4, 0.5) is 22.7 Å². The molecule has 0 bridgehead atoms. The number of para-hydroxylation sites is 3. The van der Waals surface area contributed by atoms with E-state index in [0.29, 0.717) is 29.9 Å². The molecule has 3 aromatic rings. The smallest absolute Gasteiger partial charge is 0.255 e. The largest absolute Gasteiger partial charge is 0.354 e. The number of nitrogens with one attached hydrogen (secondary N) is 2. The van der Waals surface area contributed by atoms with Crippen LogP contribution in [0.5, 0.6) is 0 Å². The predicted octanol–water partition coefficient (Wildman–Crippen LogP) is 4.00. The molecular formula is C22H21N3O3S. The molecule has 4 rings (SSSR count). The lowest BCUT2D eigenvalue weighted by Crippen LogP contribution is -2.27. The summed E-state index contributed by atoms with van der Waals surface area (Å²) in [4.78, 5) is 12.8. The average molecular weight is 407 g/mol. The second-order valence-electron chi connectivity index (χ2n) is 6.92.